The maximum absolute atomic E-state index is 13.6. The third-order valence-electron chi connectivity index (χ3n) is 13.5. The Bertz CT molecular complexity index is 1880. The van der Waals surface area contributed by atoms with Gasteiger partial charge in [0.05, 0.1) is 67.5 Å². The lowest BCUT2D eigenvalue weighted by atomic mass is 9.72. The van der Waals surface area contributed by atoms with Crippen LogP contribution in [0.4, 0.5) is 0 Å². The summed E-state index contributed by atoms with van der Waals surface area (Å²) in [4.78, 5) is 45.0. The SMILES string of the molecule is C1OC1CN1CCC(C2CCN(CC3CO3)CC2)CC1.COc1cccc2c1C(=O)c1c(O)c3c(c(O)c1C2=O)C[C@@](O)(C(=O)CO)C[C@@H]3O[C@H]1C[C@H](N)[C@@H](O)[C@H](C)O1. The highest BCUT2D eigenvalue weighted by molar-refractivity contribution is 6.31. The summed E-state index contributed by atoms with van der Waals surface area (Å²) in [5.41, 5.74) is 2.37. The van der Waals surface area contributed by atoms with Gasteiger partial charge in [-0.25, -0.2) is 0 Å². The first-order valence-corrected chi connectivity index (χ1v) is 21.0. The molecule has 7 N–H and O–H groups in total. The van der Waals surface area contributed by atoms with E-state index in [9.17, 15) is 39.9 Å². The summed E-state index contributed by atoms with van der Waals surface area (Å²) < 4.78 is 27.7. The van der Waals surface area contributed by atoms with Crippen molar-refractivity contribution in [3.8, 4) is 17.2 Å². The highest BCUT2D eigenvalue weighted by atomic mass is 16.7. The Kier molecular flexibility index (Phi) is 12.2. The number of piperidine rings is 2. The fraction of sp³-hybridized carbons (Fsp3) is 0.651. The van der Waals surface area contributed by atoms with Gasteiger partial charge in [0.1, 0.15) is 29.5 Å². The Hall–Kier alpha value is -3.55. The van der Waals surface area contributed by atoms with E-state index < -0.39 is 95.7 Å². The quantitative estimate of drug-likeness (QED) is 0.125. The van der Waals surface area contributed by atoms with E-state index in [1.54, 1.807) is 6.92 Å². The number of ether oxygens (including phenoxy) is 5. The molecule has 322 valence electrons. The number of carbonyl (C=O) groups excluding carboxylic acids is 3. The highest BCUT2D eigenvalue weighted by Gasteiger charge is 2.50. The van der Waals surface area contributed by atoms with Crippen molar-refractivity contribution in [1.29, 1.82) is 0 Å². The van der Waals surface area contributed by atoms with Crippen LogP contribution in [0.5, 0.6) is 17.2 Å². The van der Waals surface area contributed by atoms with Crippen molar-refractivity contribution in [3.63, 3.8) is 0 Å². The van der Waals surface area contributed by atoms with Gasteiger partial charge in [-0.3, -0.25) is 14.4 Å². The van der Waals surface area contributed by atoms with Crippen LogP contribution in [-0.2, 0) is 30.2 Å². The molecule has 0 aromatic heterocycles. The van der Waals surface area contributed by atoms with Crippen LogP contribution in [0.1, 0.15) is 94.5 Å². The molecule has 2 unspecified atom stereocenters. The number of phenolic OH excluding ortho intramolecular Hbond substituents is 2. The highest BCUT2D eigenvalue weighted by Crippen LogP contribution is 2.52. The number of nitrogens with zero attached hydrogens (tertiary/aromatic N) is 2. The minimum absolute atomic E-state index is 0.0173. The number of methoxy groups -OCH3 is 1. The Morgan fingerprint density at radius 2 is 1.49 bits per heavy atom. The summed E-state index contributed by atoms with van der Waals surface area (Å²) in [6, 6.07) is 3.64. The molecule has 2 aromatic rings. The number of fused-ring (bicyclic) bond motifs is 3. The van der Waals surface area contributed by atoms with Crippen molar-refractivity contribution in [2.75, 3.05) is 66.2 Å². The standard InChI is InChI=1S/C27H29NO11.C16H28N2O2/c1-10-22(31)13(28)6-17(38-10)39-15-8-27(36,16(30)9-29)7-12-19(15)26(35)21-20(24(12)33)23(32)11-4-3-5-14(37-2)18(11)25(21)34;1-5-17(9-15-11-19-15)6-2-13(1)14-3-7-18(8-4-14)10-16-12-20-16/h3-5,10,13,15,17,22,29,31,33,35-36H,6-9,28H2,1-2H3;13-16H,1-12H2/t10-,13-,15-,17-,22-,27-;/m0./s1. The van der Waals surface area contributed by atoms with Crippen LogP contribution in [0.2, 0.25) is 0 Å². The third-order valence-corrected chi connectivity index (χ3v) is 13.5. The number of hydrogen-bond acceptors (Lipinski definition) is 16. The molecule has 16 heteroatoms. The first-order chi connectivity index (χ1) is 28.3. The van der Waals surface area contributed by atoms with E-state index >= 15 is 0 Å². The molecule has 2 aromatic carbocycles. The molecular formula is C43H57N3O13. The molecular weight excluding hydrogens is 766 g/mol. The number of carbonyl (C=O) groups is 3. The predicted octanol–water partition coefficient (Wildman–Crippen LogP) is 1.21. The molecule has 5 fully saturated rings. The van der Waals surface area contributed by atoms with Crippen LogP contribution in [0, 0.1) is 11.8 Å². The van der Waals surface area contributed by atoms with Gasteiger partial charge in [-0.05, 0) is 76.7 Å². The number of phenols is 2. The van der Waals surface area contributed by atoms with E-state index in [-0.39, 0.29) is 34.4 Å². The van der Waals surface area contributed by atoms with Crippen LogP contribution in [-0.4, -0.2) is 161 Å². The van der Waals surface area contributed by atoms with Crippen LogP contribution >= 0.6 is 0 Å². The number of nitrogens with two attached hydrogens (primary N) is 1. The van der Waals surface area contributed by atoms with Gasteiger partial charge in [0.15, 0.2) is 17.9 Å². The molecule has 7 aliphatic rings. The minimum Gasteiger partial charge on any atom is -0.507 e. The Morgan fingerprint density at radius 1 is 0.915 bits per heavy atom. The number of ketones is 3. The number of epoxide rings is 2. The summed E-state index contributed by atoms with van der Waals surface area (Å²) in [6.45, 7) is 10.2. The molecule has 5 heterocycles. The van der Waals surface area contributed by atoms with Crippen molar-refractivity contribution in [2.45, 2.75) is 100 Å². The van der Waals surface area contributed by atoms with Crippen LogP contribution < -0.4 is 10.5 Å². The number of likely N-dealkylation sites (tertiary alicyclic amines) is 2. The molecule has 5 saturated heterocycles. The van der Waals surface area contributed by atoms with Crippen molar-refractivity contribution in [1.82, 2.24) is 9.80 Å². The van der Waals surface area contributed by atoms with Crippen molar-refractivity contribution in [2.24, 2.45) is 17.6 Å². The number of benzene rings is 2. The normalized spacial score (nSPS) is 32.3. The number of aliphatic hydroxyl groups excluding tert-OH is 2. The van der Waals surface area contributed by atoms with Gasteiger partial charge in [0.2, 0.25) is 5.78 Å². The predicted molar refractivity (Wildman–Crippen MR) is 210 cm³/mol. The Labute approximate surface area is 343 Å². The second kappa shape index (κ2) is 17.1. The summed E-state index contributed by atoms with van der Waals surface area (Å²) in [5, 5.41) is 53.7. The molecule has 0 radical (unpaired) electrons. The molecule has 8 atom stereocenters. The average Bonchev–Trinajstić information content (AvgIpc) is 4.19. The summed E-state index contributed by atoms with van der Waals surface area (Å²) in [5.74, 6) is -1.79. The zero-order valence-electron chi connectivity index (χ0n) is 33.7. The van der Waals surface area contributed by atoms with Crippen LogP contribution in [0.3, 0.4) is 0 Å². The van der Waals surface area contributed by atoms with E-state index in [1.165, 1.54) is 90.3 Å². The number of Topliss-reactive ketones (excluding diaryl/α,β-unsaturated/α-hetero) is 1. The number of hydrogen-bond donors (Lipinski definition) is 6. The van der Waals surface area contributed by atoms with E-state index in [0.29, 0.717) is 12.2 Å². The summed E-state index contributed by atoms with van der Waals surface area (Å²) >= 11 is 0. The van der Waals surface area contributed by atoms with Crippen LogP contribution in [0.15, 0.2) is 18.2 Å². The second-order valence-corrected chi connectivity index (χ2v) is 17.3. The third kappa shape index (κ3) is 8.54. The maximum atomic E-state index is 13.6. The van der Waals surface area contributed by atoms with Gasteiger partial charge >= 0.3 is 0 Å². The molecule has 2 aliphatic carbocycles. The largest absolute Gasteiger partial charge is 0.507 e. The molecule has 0 amide bonds. The first kappa shape index (κ1) is 42.2. The monoisotopic (exact) mass is 823 g/mol. The maximum Gasteiger partial charge on any atom is 0.202 e. The topological polar surface area (TPSA) is 238 Å². The van der Waals surface area contributed by atoms with E-state index in [1.807, 2.05) is 0 Å². The molecule has 0 bridgehead atoms. The van der Waals surface area contributed by atoms with E-state index in [0.717, 1.165) is 25.0 Å². The smallest absolute Gasteiger partial charge is 0.202 e. The fourth-order valence-electron chi connectivity index (χ4n) is 9.89. The van der Waals surface area contributed by atoms with Crippen molar-refractivity contribution in [3.05, 3.63) is 51.6 Å². The Morgan fingerprint density at radius 3 is 2.02 bits per heavy atom. The molecule has 5 aliphatic heterocycles. The van der Waals surface area contributed by atoms with E-state index in [2.05, 4.69) is 9.80 Å². The molecule has 16 nitrogen and oxygen atoms in total. The first-order valence-electron chi connectivity index (χ1n) is 21.0. The average molecular weight is 824 g/mol. The lowest BCUT2D eigenvalue weighted by Gasteiger charge is -2.42. The van der Waals surface area contributed by atoms with Gasteiger partial charge in [0, 0.05) is 55.1 Å². The summed E-state index contributed by atoms with van der Waals surface area (Å²) in [7, 11) is 1.32. The number of aliphatic hydroxyl groups is 3. The minimum atomic E-state index is -2.24. The molecule has 9 rings (SSSR count). The van der Waals surface area contributed by atoms with Gasteiger partial charge in [0.25, 0.3) is 0 Å². The summed E-state index contributed by atoms with van der Waals surface area (Å²) in [6.07, 6.45) is 1.69. The van der Waals surface area contributed by atoms with Gasteiger partial charge in [-0.1, -0.05) is 12.1 Å². The van der Waals surface area contributed by atoms with Crippen molar-refractivity contribution >= 4 is 17.3 Å². The van der Waals surface area contributed by atoms with Gasteiger partial charge in [-0.2, -0.15) is 0 Å². The van der Waals surface area contributed by atoms with Crippen LogP contribution in [0.25, 0.3) is 0 Å². The Balaban J connectivity index is 0.000000201. The molecule has 0 spiro atoms. The number of rotatable bonds is 10. The lowest BCUT2D eigenvalue weighted by Crippen LogP contribution is -2.53. The number of aromatic hydroxyl groups is 2. The van der Waals surface area contributed by atoms with E-state index in [4.69, 9.17) is 29.4 Å². The van der Waals surface area contributed by atoms with Gasteiger partial charge < -0.3 is 64.8 Å². The van der Waals surface area contributed by atoms with Gasteiger partial charge in [-0.15, -0.1) is 0 Å². The zero-order valence-corrected chi connectivity index (χ0v) is 33.7. The lowest BCUT2D eigenvalue weighted by molar-refractivity contribution is -0.247. The molecule has 0 saturated carbocycles. The van der Waals surface area contributed by atoms with Crippen molar-refractivity contribution < 1.29 is 63.6 Å². The fourth-order valence-corrected chi connectivity index (χ4v) is 9.89. The zero-order chi connectivity index (χ0) is 41.7. The molecule has 59 heavy (non-hydrogen) atoms. The second-order valence-electron chi connectivity index (χ2n) is 17.3.